The summed E-state index contributed by atoms with van der Waals surface area (Å²) in [5.74, 6) is 0. The molecule has 0 radical (unpaired) electrons. The molecule has 1 N–H and O–H groups in total. The summed E-state index contributed by atoms with van der Waals surface area (Å²) in [5, 5.41) is 0. The molecule has 0 aromatic heterocycles. The van der Waals surface area contributed by atoms with Crippen LogP contribution in [0.3, 0.4) is 0 Å². The summed E-state index contributed by atoms with van der Waals surface area (Å²) in [7, 11) is -4.32. The second-order valence-electron chi connectivity index (χ2n) is 4.84. The maximum Gasteiger partial charge on any atom is 0.0640 e. The van der Waals surface area contributed by atoms with Crippen LogP contribution >= 0.6 is 0 Å². The molecule has 0 aliphatic carbocycles. The molecule has 0 saturated carbocycles. The van der Waals surface area contributed by atoms with Gasteiger partial charge < -0.3 is 0 Å². The van der Waals surface area contributed by atoms with Crippen molar-refractivity contribution < 1.29 is 8.76 Å². The van der Waals surface area contributed by atoms with Crippen LogP contribution in [0.4, 0.5) is 0 Å². The molecule has 0 fully saturated rings. The Kier molecular flexibility index (Phi) is 3.24. The van der Waals surface area contributed by atoms with E-state index in [2.05, 4.69) is 0 Å². The van der Waals surface area contributed by atoms with Crippen LogP contribution < -0.4 is 0 Å². The minimum absolute atomic E-state index is 0.409. The van der Waals surface area contributed by atoms with Gasteiger partial charge in [-0.2, -0.15) is 4.21 Å². The van der Waals surface area contributed by atoms with Gasteiger partial charge in [-0.1, -0.05) is 54.6 Å². The lowest BCUT2D eigenvalue weighted by atomic mass is 10.4. The standard InChI is InChI=1S/C18H16O2S/c19-21(20,16-10-4-1-5-11-16,17-12-6-2-7-13-17)18-14-8-3-9-15-18/h1-15H,(H,19,20). The fourth-order valence-corrected chi connectivity index (χ4v) is 5.23. The average Bonchev–Trinajstić information content (AvgIpc) is 2.57. The van der Waals surface area contributed by atoms with Gasteiger partial charge in [0.1, 0.15) is 0 Å². The van der Waals surface area contributed by atoms with Crippen LogP contribution in [0, 0.1) is 0 Å². The van der Waals surface area contributed by atoms with Crippen molar-refractivity contribution in [1.82, 2.24) is 0 Å². The molecule has 106 valence electrons. The molecule has 0 amide bonds. The van der Waals surface area contributed by atoms with Gasteiger partial charge in [0.15, 0.2) is 0 Å². The minimum Gasteiger partial charge on any atom is -0.290 e. The third-order valence-electron chi connectivity index (χ3n) is 3.54. The van der Waals surface area contributed by atoms with E-state index in [1.54, 1.807) is 72.8 Å². The van der Waals surface area contributed by atoms with E-state index in [4.69, 9.17) is 0 Å². The maximum absolute atomic E-state index is 13.9. The number of hydrogen-bond acceptors (Lipinski definition) is 1. The first-order chi connectivity index (χ1) is 10.1. The Hall–Kier alpha value is -2.23. The lowest BCUT2D eigenvalue weighted by Gasteiger charge is -2.43. The van der Waals surface area contributed by atoms with Crippen molar-refractivity contribution in [2.45, 2.75) is 14.7 Å². The third kappa shape index (κ3) is 2.11. The lowest BCUT2D eigenvalue weighted by molar-refractivity contribution is 0.510. The van der Waals surface area contributed by atoms with Gasteiger partial charge in [-0.05, 0) is 36.4 Å². The fourth-order valence-electron chi connectivity index (χ4n) is 2.43. The predicted octanol–water partition coefficient (Wildman–Crippen LogP) is 4.46. The topological polar surface area (TPSA) is 37.3 Å². The highest BCUT2D eigenvalue weighted by atomic mass is 32.3. The van der Waals surface area contributed by atoms with E-state index in [-0.39, 0.29) is 0 Å². The Bertz CT molecular complexity index is 690. The summed E-state index contributed by atoms with van der Waals surface area (Å²) in [6.45, 7) is 0. The van der Waals surface area contributed by atoms with Crippen molar-refractivity contribution >= 4 is 9.35 Å². The molecule has 2 nitrogen and oxygen atoms in total. The van der Waals surface area contributed by atoms with Gasteiger partial charge in [0.2, 0.25) is 0 Å². The summed E-state index contributed by atoms with van der Waals surface area (Å²) in [4.78, 5) is 1.23. The smallest absolute Gasteiger partial charge is 0.0640 e. The van der Waals surface area contributed by atoms with Gasteiger partial charge in [-0.3, -0.25) is 4.55 Å². The summed E-state index contributed by atoms with van der Waals surface area (Å²) < 4.78 is 25.4. The zero-order valence-corrected chi connectivity index (χ0v) is 12.2. The van der Waals surface area contributed by atoms with Crippen molar-refractivity contribution in [3.8, 4) is 0 Å². The van der Waals surface area contributed by atoms with E-state index in [0.717, 1.165) is 0 Å². The predicted molar refractivity (Wildman–Crippen MR) is 84.9 cm³/mol. The van der Waals surface area contributed by atoms with Crippen molar-refractivity contribution in [3.63, 3.8) is 0 Å². The minimum atomic E-state index is -4.32. The van der Waals surface area contributed by atoms with Gasteiger partial charge in [0.25, 0.3) is 0 Å². The SMILES string of the molecule is O=S(O)(c1ccccc1)(c1ccccc1)c1ccccc1. The normalized spacial score (nSPS) is 13.3. The third-order valence-corrected chi connectivity index (χ3v) is 6.98. The largest absolute Gasteiger partial charge is 0.290 e. The van der Waals surface area contributed by atoms with Gasteiger partial charge in [0, 0.05) is 0 Å². The molecule has 3 rings (SSSR count). The van der Waals surface area contributed by atoms with Crippen LogP contribution in [-0.4, -0.2) is 8.76 Å². The molecule has 3 heteroatoms. The first kappa shape index (κ1) is 13.7. The molecule has 0 unspecified atom stereocenters. The second-order valence-corrected chi connectivity index (χ2v) is 8.07. The Morgan fingerprint density at radius 3 is 1.00 bits per heavy atom. The molecular weight excluding hydrogens is 280 g/mol. The lowest BCUT2D eigenvalue weighted by Crippen LogP contribution is -2.33. The van der Waals surface area contributed by atoms with E-state index in [1.165, 1.54) is 0 Å². The fraction of sp³-hybridized carbons (Fsp3) is 0. The van der Waals surface area contributed by atoms with Crippen LogP contribution in [0.15, 0.2) is 106 Å². The summed E-state index contributed by atoms with van der Waals surface area (Å²) in [6, 6.07) is 26.4. The molecule has 0 saturated heterocycles. The van der Waals surface area contributed by atoms with Gasteiger partial charge in [0.05, 0.1) is 14.7 Å². The van der Waals surface area contributed by atoms with Crippen LogP contribution in [0.1, 0.15) is 0 Å². The van der Waals surface area contributed by atoms with Crippen molar-refractivity contribution in [3.05, 3.63) is 91.0 Å². The highest BCUT2D eigenvalue weighted by Crippen LogP contribution is 2.46. The zero-order chi connectivity index (χ0) is 14.8. The molecule has 0 aliphatic rings. The van der Waals surface area contributed by atoms with Crippen LogP contribution in [-0.2, 0) is 9.35 Å². The number of rotatable bonds is 3. The summed E-state index contributed by atoms with van der Waals surface area (Å²) >= 11 is 0. The first-order valence-corrected chi connectivity index (χ1v) is 8.62. The van der Waals surface area contributed by atoms with Gasteiger partial charge in [-0.25, -0.2) is 0 Å². The summed E-state index contributed by atoms with van der Waals surface area (Å²) in [5.41, 5.74) is 0. The second kappa shape index (κ2) is 4.95. The highest BCUT2D eigenvalue weighted by Gasteiger charge is 2.34. The van der Waals surface area contributed by atoms with E-state index in [1.807, 2.05) is 18.2 Å². The molecule has 3 aromatic rings. The maximum atomic E-state index is 13.9. The van der Waals surface area contributed by atoms with Crippen molar-refractivity contribution in [2.75, 3.05) is 0 Å². The van der Waals surface area contributed by atoms with Crippen LogP contribution in [0.5, 0.6) is 0 Å². The number of benzene rings is 3. The Morgan fingerprint density at radius 1 is 0.524 bits per heavy atom. The monoisotopic (exact) mass is 296 g/mol. The van der Waals surface area contributed by atoms with Crippen LogP contribution in [0.25, 0.3) is 0 Å². The van der Waals surface area contributed by atoms with E-state index >= 15 is 0 Å². The quantitative estimate of drug-likeness (QED) is 0.775. The molecule has 0 heterocycles. The van der Waals surface area contributed by atoms with Crippen LogP contribution in [0.2, 0.25) is 0 Å². The molecular formula is C18H16O2S. The zero-order valence-electron chi connectivity index (χ0n) is 11.4. The summed E-state index contributed by atoms with van der Waals surface area (Å²) in [6.07, 6.45) is 0. The Labute approximate surface area is 124 Å². The van der Waals surface area contributed by atoms with Gasteiger partial charge in [-0.15, -0.1) is 9.35 Å². The van der Waals surface area contributed by atoms with Gasteiger partial charge >= 0.3 is 0 Å². The number of hydrogen-bond donors (Lipinski definition) is 1. The highest BCUT2D eigenvalue weighted by molar-refractivity contribution is 8.15. The average molecular weight is 296 g/mol. The van der Waals surface area contributed by atoms with E-state index in [9.17, 15) is 8.76 Å². The molecule has 0 bridgehead atoms. The molecule has 3 aromatic carbocycles. The molecule has 0 aliphatic heterocycles. The van der Waals surface area contributed by atoms with Crippen molar-refractivity contribution in [2.24, 2.45) is 0 Å². The van der Waals surface area contributed by atoms with E-state index < -0.39 is 9.35 Å². The Morgan fingerprint density at radius 2 is 0.762 bits per heavy atom. The Balaban J connectivity index is 2.39. The first-order valence-electron chi connectivity index (χ1n) is 6.69. The van der Waals surface area contributed by atoms with E-state index in [0.29, 0.717) is 14.7 Å². The molecule has 0 spiro atoms. The molecule has 0 atom stereocenters. The molecule has 21 heavy (non-hydrogen) atoms. The van der Waals surface area contributed by atoms with Crippen molar-refractivity contribution in [1.29, 1.82) is 0 Å².